The molecule has 1 nitrogen and oxygen atoms in total. The van der Waals surface area contributed by atoms with Gasteiger partial charge in [-0.3, -0.25) is 0 Å². The number of nitriles is 1. The van der Waals surface area contributed by atoms with E-state index in [9.17, 15) is 0 Å². The Hall–Kier alpha value is 0.450. The number of hydrogen-bond acceptors (Lipinski definition) is 2. The normalized spacial score (nSPS) is 1.75. The minimum absolute atomic E-state index is 0. The second-order valence-electron chi connectivity index (χ2n) is 0.0913. The molecule has 0 heterocycles. The molecule has 0 aromatic carbocycles. The second-order valence-corrected chi connectivity index (χ2v) is 0.274. The summed E-state index contributed by atoms with van der Waals surface area (Å²) in [6, 6.07) is 0. The van der Waals surface area contributed by atoms with Crippen molar-refractivity contribution >= 4 is 12.6 Å². The van der Waals surface area contributed by atoms with E-state index in [1.807, 2.05) is 0 Å². The molecule has 0 bridgehead atoms. The average molecular weight is 256 g/mol. The standard InChI is InChI=1S/CHNS.Au/c2-1-3;/h3H;/q;+1. The molecule has 0 amide bonds. The molecular formula is CHAuNS+. The van der Waals surface area contributed by atoms with Crippen LogP contribution < -0.4 is 0 Å². The van der Waals surface area contributed by atoms with E-state index >= 15 is 0 Å². The quantitative estimate of drug-likeness (QED) is 0.349. The molecule has 0 radical (unpaired) electrons. The molecule has 0 fully saturated rings. The molecule has 4 heavy (non-hydrogen) atoms. The first kappa shape index (κ1) is 8.82. The van der Waals surface area contributed by atoms with Crippen molar-refractivity contribution in [2.24, 2.45) is 0 Å². The monoisotopic (exact) mass is 256 g/mol. The van der Waals surface area contributed by atoms with Gasteiger partial charge in [0.15, 0.2) is 0 Å². The zero-order valence-electron chi connectivity index (χ0n) is 2.66. The summed E-state index contributed by atoms with van der Waals surface area (Å²) >= 11 is 3.70. The van der Waals surface area contributed by atoms with Crippen molar-refractivity contribution in [2.75, 3.05) is 0 Å². The SMILES string of the molecule is N#C[S-].[Au+].[H+]. The van der Waals surface area contributed by atoms with Gasteiger partial charge in [-0.05, 0) is 0 Å². The summed E-state index contributed by atoms with van der Waals surface area (Å²) in [5.74, 6) is 0. The Morgan fingerprint density at radius 1 is 2.00 bits per heavy atom. The van der Waals surface area contributed by atoms with Crippen LogP contribution in [0.2, 0.25) is 0 Å². The molecule has 0 unspecified atom stereocenters. The largest absolute Gasteiger partial charge is 1.00 e. The topological polar surface area (TPSA) is 23.8 Å². The minimum Gasteiger partial charge on any atom is -0.696 e. The van der Waals surface area contributed by atoms with Crippen molar-refractivity contribution in [1.29, 1.82) is 5.26 Å². The van der Waals surface area contributed by atoms with Gasteiger partial charge in [-0.1, -0.05) is 5.40 Å². The summed E-state index contributed by atoms with van der Waals surface area (Å²) in [5, 5.41) is 8.47. The summed E-state index contributed by atoms with van der Waals surface area (Å²) in [6.45, 7) is 0. The maximum Gasteiger partial charge on any atom is 1.00 e. The third-order valence-electron chi connectivity index (χ3n) is 0. The molecule has 0 N–H and O–H groups in total. The van der Waals surface area contributed by atoms with Crippen molar-refractivity contribution in [1.82, 2.24) is 0 Å². The summed E-state index contributed by atoms with van der Waals surface area (Å²) in [6.07, 6.45) is 0. The van der Waals surface area contributed by atoms with Gasteiger partial charge in [0.1, 0.15) is 0 Å². The van der Waals surface area contributed by atoms with Gasteiger partial charge >= 0.3 is 23.8 Å². The van der Waals surface area contributed by atoms with Gasteiger partial charge < -0.3 is 12.6 Å². The van der Waals surface area contributed by atoms with Gasteiger partial charge in [-0.2, -0.15) is 0 Å². The first-order valence-electron chi connectivity index (χ1n) is 0.428. The molecular weight excluding hydrogens is 255 g/mol. The van der Waals surface area contributed by atoms with E-state index in [4.69, 9.17) is 5.26 Å². The zero-order valence-corrected chi connectivity index (χ0v) is 4.64. The fourth-order valence-corrected chi connectivity index (χ4v) is 0. The average Bonchev–Trinajstić information content (AvgIpc) is 0.918. The Balaban J connectivity index is -0.0000000200. The third-order valence-corrected chi connectivity index (χ3v) is 0. The van der Waals surface area contributed by atoms with Crippen molar-refractivity contribution in [3.63, 3.8) is 0 Å². The molecule has 0 saturated carbocycles. The summed E-state index contributed by atoms with van der Waals surface area (Å²) in [5.41, 5.74) is 0. The Kier molecular flexibility index (Phi) is 21.7. The molecule has 0 aliphatic rings. The van der Waals surface area contributed by atoms with Crippen LogP contribution in [0.5, 0.6) is 0 Å². The van der Waals surface area contributed by atoms with Crippen LogP contribution in [0.25, 0.3) is 0 Å². The number of hydrogen-bond donors (Lipinski definition) is 0. The maximum atomic E-state index is 7.13. The molecule has 0 aromatic rings. The first-order valence-corrected chi connectivity index (χ1v) is 0.836. The molecule has 0 aromatic heterocycles. The third kappa shape index (κ3) is 25.4. The van der Waals surface area contributed by atoms with Crippen LogP contribution in [0.1, 0.15) is 1.43 Å². The van der Waals surface area contributed by atoms with Gasteiger partial charge in [-0.15, -0.1) is 0 Å². The van der Waals surface area contributed by atoms with Gasteiger partial charge in [0.25, 0.3) is 0 Å². The molecule has 0 rings (SSSR count). The zero-order chi connectivity index (χ0) is 2.71. The van der Waals surface area contributed by atoms with Crippen molar-refractivity contribution < 1.29 is 23.8 Å². The molecule has 26 valence electrons. The Morgan fingerprint density at radius 3 is 2.00 bits per heavy atom. The first-order chi connectivity index (χ1) is 1.41. The Bertz CT molecular complexity index is 33.1. The van der Waals surface area contributed by atoms with E-state index in [2.05, 4.69) is 12.6 Å². The number of rotatable bonds is 0. The minimum atomic E-state index is 0. The van der Waals surface area contributed by atoms with E-state index in [1.165, 1.54) is 5.40 Å². The Morgan fingerprint density at radius 2 is 2.00 bits per heavy atom. The predicted molar refractivity (Wildman–Crippen MR) is 14.1 cm³/mol. The second kappa shape index (κ2) is 9.85. The van der Waals surface area contributed by atoms with Crippen LogP contribution in [0.3, 0.4) is 0 Å². The van der Waals surface area contributed by atoms with E-state index in [-0.39, 0.29) is 23.8 Å². The van der Waals surface area contributed by atoms with Crippen molar-refractivity contribution in [3.8, 4) is 5.40 Å². The summed E-state index contributed by atoms with van der Waals surface area (Å²) in [4.78, 5) is 0. The van der Waals surface area contributed by atoms with Gasteiger partial charge in [-0.25, -0.2) is 5.26 Å². The van der Waals surface area contributed by atoms with Crippen LogP contribution in [-0.4, -0.2) is 0 Å². The van der Waals surface area contributed by atoms with Crippen molar-refractivity contribution in [2.45, 2.75) is 0 Å². The molecule has 0 aliphatic heterocycles. The smallest absolute Gasteiger partial charge is 0.696 e. The Labute approximate surface area is 47.4 Å². The predicted octanol–water partition coefficient (Wildman–Crippen LogP) is 0.124. The molecule has 0 atom stereocenters. The maximum absolute atomic E-state index is 7.13. The number of nitrogens with zero attached hydrogens (tertiary/aromatic N) is 1. The van der Waals surface area contributed by atoms with Gasteiger partial charge in [0, 0.05) is 0 Å². The molecule has 0 saturated heterocycles. The van der Waals surface area contributed by atoms with E-state index in [0.717, 1.165) is 0 Å². The molecule has 0 aliphatic carbocycles. The van der Waals surface area contributed by atoms with Crippen LogP contribution in [0.4, 0.5) is 0 Å². The van der Waals surface area contributed by atoms with E-state index in [0.29, 0.717) is 0 Å². The van der Waals surface area contributed by atoms with Crippen LogP contribution in [0, 0.1) is 10.7 Å². The molecule has 3 heteroatoms. The summed E-state index contributed by atoms with van der Waals surface area (Å²) in [7, 11) is 0. The van der Waals surface area contributed by atoms with Crippen molar-refractivity contribution in [3.05, 3.63) is 0 Å². The van der Waals surface area contributed by atoms with Crippen LogP contribution >= 0.6 is 0 Å². The summed E-state index contributed by atoms with van der Waals surface area (Å²) < 4.78 is 0. The van der Waals surface area contributed by atoms with E-state index < -0.39 is 0 Å². The van der Waals surface area contributed by atoms with Crippen LogP contribution in [0.15, 0.2) is 0 Å². The molecule has 0 spiro atoms. The number of thiocyanates is 1. The van der Waals surface area contributed by atoms with Crippen LogP contribution in [-0.2, 0) is 35.0 Å². The fourth-order valence-electron chi connectivity index (χ4n) is 0. The van der Waals surface area contributed by atoms with Gasteiger partial charge in [0.2, 0.25) is 0 Å². The van der Waals surface area contributed by atoms with E-state index in [1.54, 1.807) is 0 Å². The van der Waals surface area contributed by atoms with Gasteiger partial charge in [0.05, 0.1) is 0 Å². The fraction of sp³-hybridized carbons (Fsp3) is 0.